The van der Waals surface area contributed by atoms with Crippen LogP contribution < -0.4 is 10.6 Å². The number of nitrogens with one attached hydrogen (secondary N) is 3. The van der Waals surface area contributed by atoms with Crippen molar-refractivity contribution in [3.05, 3.63) is 64.4 Å². The Hall–Kier alpha value is -3.26. The molecular formula is C23H27N5O2S. The summed E-state index contributed by atoms with van der Waals surface area (Å²) in [6.45, 7) is 6.28. The summed E-state index contributed by atoms with van der Waals surface area (Å²) in [4.78, 5) is 24.7. The van der Waals surface area contributed by atoms with E-state index >= 15 is 0 Å². The Balaban J connectivity index is 1.64. The van der Waals surface area contributed by atoms with Gasteiger partial charge in [-0.15, -0.1) is 0 Å². The maximum absolute atomic E-state index is 12.6. The molecule has 3 rings (SSSR count). The minimum Gasteiger partial charge on any atom is -0.350 e. The van der Waals surface area contributed by atoms with Crippen LogP contribution in [-0.4, -0.2) is 26.6 Å². The van der Waals surface area contributed by atoms with Crippen molar-refractivity contribution in [3.8, 4) is 11.4 Å². The molecule has 1 atom stereocenters. The Labute approximate surface area is 186 Å². The summed E-state index contributed by atoms with van der Waals surface area (Å²) in [5.41, 5.74) is 3.61. The number of carbonyl (C=O) groups is 2. The molecule has 0 saturated heterocycles. The first-order chi connectivity index (χ1) is 14.9. The van der Waals surface area contributed by atoms with E-state index in [9.17, 15) is 9.59 Å². The molecule has 0 aliphatic rings. The SMILES string of the molecule is CCC(C)C(=O)Nc1cccc(CNC(=O)Cn2c(-c3cccc(C)c3)n[nH]c2=S)c1. The van der Waals surface area contributed by atoms with Crippen molar-refractivity contribution in [3.63, 3.8) is 0 Å². The number of rotatable bonds is 8. The summed E-state index contributed by atoms with van der Waals surface area (Å²) in [6, 6.07) is 15.3. The zero-order valence-corrected chi connectivity index (χ0v) is 18.8. The summed E-state index contributed by atoms with van der Waals surface area (Å²) in [6.07, 6.45) is 0.780. The highest BCUT2D eigenvalue weighted by atomic mass is 32.1. The van der Waals surface area contributed by atoms with E-state index in [1.807, 2.05) is 69.3 Å². The summed E-state index contributed by atoms with van der Waals surface area (Å²) in [7, 11) is 0. The summed E-state index contributed by atoms with van der Waals surface area (Å²) < 4.78 is 2.07. The summed E-state index contributed by atoms with van der Waals surface area (Å²) in [5.74, 6) is 0.381. The van der Waals surface area contributed by atoms with E-state index in [0.29, 0.717) is 17.1 Å². The van der Waals surface area contributed by atoms with Crippen LogP contribution in [0.3, 0.4) is 0 Å². The number of benzene rings is 2. The van der Waals surface area contributed by atoms with Crippen LogP contribution in [0.4, 0.5) is 5.69 Å². The van der Waals surface area contributed by atoms with E-state index in [0.717, 1.165) is 28.8 Å². The highest BCUT2D eigenvalue weighted by Crippen LogP contribution is 2.18. The topological polar surface area (TPSA) is 91.8 Å². The van der Waals surface area contributed by atoms with Gasteiger partial charge in [0.25, 0.3) is 0 Å². The highest BCUT2D eigenvalue weighted by Gasteiger charge is 2.13. The third-order valence-electron chi connectivity index (χ3n) is 5.08. The normalized spacial score (nSPS) is 11.7. The van der Waals surface area contributed by atoms with Crippen LogP contribution >= 0.6 is 12.2 Å². The molecule has 0 aliphatic carbocycles. The number of carbonyl (C=O) groups excluding carboxylic acids is 2. The van der Waals surface area contributed by atoms with Gasteiger partial charge in [0.1, 0.15) is 6.54 Å². The highest BCUT2D eigenvalue weighted by molar-refractivity contribution is 7.71. The number of hydrogen-bond acceptors (Lipinski definition) is 4. The number of aryl methyl sites for hydroxylation is 1. The van der Waals surface area contributed by atoms with Crippen LogP contribution in [0.5, 0.6) is 0 Å². The monoisotopic (exact) mass is 437 g/mol. The molecule has 1 heterocycles. The molecule has 31 heavy (non-hydrogen) atoms. The summed E-state index contributed by atoms with van der Waals surface area (Å²) in [5, 5.41) is 12.9. The molecule has 0 bridgehead atoms. The Morgan fingerprint density at radius 2 is 1.97 bits per heavy atom. The van der Waals surface area contributed by atoms with Crippen LogP contribution in [0.15, 0.2) is 48.5 Å². The van der Waals surface area contributed by atoms with Crippen molar-refractivity contribution >= 4 is 29.7 Å². The fourth-order valence-electron chi connectivity index (χ4n) is 3.08. The largest absolute Gasteiger partial charge is 0.350 e. The van der Waals surface area contributed by atoms with E-state index in [1.54, 1.807) is 4.57 Å². The van der Waals surface area contributed by atoms with Gasteiger partial charge in [0.15, 0.2) is 10.6 Å². The number of aromatic nitrogens is 3. The number of nitrogens with zero attached hydrogens (tertiary/aromatic N) is 2. The molecule has 2 aromatic carbocycles. The average molecular weight is 438 g/mol. The van der Waals surface area contributed by atoms with E-state index in [2.05, 4.69) is 20.8 Å². The van der Waals surface area contributed by atoms with Gasteiger partial charge in [0.2, 0.25) is 11.8 Å². The van der Waals surface area contributed by atoms with Crippen molar-refractivity contribution in [2.45, 2.75) is 40.3 Å². The molecule has 0 fully saturated rings. The average Bonchev–Trinajstić information content (AvgIpc) is 3.12. The van der Waals surface area contributed by atoms with Crippen LogP contribution in [-0.2, 0) is 22.7 Å². The third-order valence-corrected chi connectivity index (χ3v) is 5.39. The van der Waals surface area contributed by atoms with E-state index in [1.165, 1.54) is 0 Å². The van der Waals surface area contributed by atoms with E-state index < -0.39 is 0 Å². The number of amides is 2. The first kappa shape index (κ1) is 22.4. The zero-order chi connectivity index (χ0) is 22.4. The minimum absolute atomic E-state index is 0.0123. The molecule has 1 aromatic heterocycles. The summed E-state index contributed by atoms with van der Waals surface area (Å²) >= 11 is 5.31. The number of aromatic amines is 1. The number of hydrogen-bond donors (Lipinski definition) is 3. The molecule has 0 saturated carbocycles. The molecule has 162 valence electrons. The van der Waals surface area contributed by atoms with Crippen molar-refractivity contribution < 1.29 is 9.59 Å². The van der Waals surface area contributed by atoms with Crippen LogP contribution in [0.1, 0.15) is 31.4 Å². The van der Waals surface area contributed by atoms with E-state index in [4.69, 9.17) is 12.2 Å². The van der Waals surface area contributed by atoms with Gasteiger partial charge in [0, 0.05) is 23.7 Å². The lowest BCUT2D eigenvalue weighted by Crippen LogP contribution is -2.27. The lowest BCUT2D eigenvalue weighted by Gasteiger charge is -2.12. The third kappa shape index (κ3) is 5.88. The molecule has 8 heteroatoms. The molecular weight excluding hydrogens is 410 g/mol. The Bertz CT molecular complexity index is 1130. The molecule has 2 amide bonds. The molecule has 0 aliphatic heterocycles. The van der Waals surface area contributed by atoms with Gasteiger partial charge in [-0.3, -0.25) is 19.3 Å². The molecule has 3 N–H and O–H groups in total. The van der Waals surface area contributed by atoms with Gasteiger partial charge < -0.3 is 10.6 Å². The lowest BCUT2D eigenvalue weighted by atomic mass is 10.1. The second-order valence-corrected chi connectivity index (χ2v) is 7.97. The predicted octanol–water partition coefficient (Wildman–Crippen LogP) is 4.22. The van der Waals surface area contributed by atoms with Crippen molar-refractivity contribution in [1.82, 2.24) is 20.1 Å². The number of anilines is 1. The predicted molar refractivity (Wildman–Crippen MR) is 124 cm³/mol. The van der Waals surface area contributed by atoms with Crippen LogP contribution in [0.25, 0.3) is 11.4 Å². The molecule has 1 unspecified atom stereocenters. The van der Waals surface area contributed by atoms with Gasteiger partial charge in [-0.05, 0) is 49.3 Å². The van der Waals surface area contributed by atoms with Gasteiger partial charge in [0.05, 0.1) is 0 Å². The van der Waals surface area contributed by atoms with Crippen LogP contribution in [0.2, 0.25) is 0 Å². The second kappa shape index (κ2) is 10.2. The molecule has 0 radical (unpaired) electrons. The molecule has 3 aromatic rings. The van der Waals surface area contributed by atoms with Gasteiger partial charge in [-0.25, -0.2) is 0 Å². The standard InChI is InChI=1S/C23H27N5O2S/c1-4-16(3)22(30)25-19-10-6-8-17(12-19)13-24-20(29)14-28-21(26-27-23(28)31)18-9-5-7-15(2)11-18/h5-12,16H,4,13-14H2,1-3H3,(H,24,29)(H,25,30)(H,27,31). The Kier molecular flexibility index (Phi) is 7.36. The van der Waals surface area contributed by atoms with Gasteiger partial charge >= 0.3 is 0 Å². The van der Waals surface area contributed by atoms with E-state index in [-0.39, 0.29) is 24.3 Å². The minimum atomic E-state index is -0.180. The lowest BCUT2D eigenvalue weighted by molar-refractivity contribution is -0.122. The van der Waals surface area contributed by atoms with Crippen molar-refractivity contribution in [2.24, 2.45) is 5.92 Å². The fraction of sp³-hybridized carbons (Fsp3) is 0.304. The maximum atomic E-state index is 12.6. The Morgan fingerprint density at radius 1 is 1.19 bits per heavy atom. The van der Waals surface area contributed by atoms with Gasteiger partial charge in [-0.2, -0.15) is 5.10 Å². The second-order valence-electron chi connectivity index (χ2n) is 7.58. The smallest absolute Gasteiger partial charge is 0.240 e. The molecule has 0 spiro atoms. The first-order valence-electron chi connectivity index (χ1n) is 10.3. The van der Waals surface area contributed by atoms with Crippen molar-refractivity contribution in [2.75, 3.05) is 5.32 Å². The zero-order valence-electron chi connectivity index (χ0n) is 17.9. The maximum Gasteiger partial charge on any atom is 0.240 e. The van der Waals surface area contributed by atoms with Crippen molar-refractivity contribution in [1.29, 1.82) is 0 Å². The molecule has 7 nitrogen and oxygen atoms in total. The van der Waals surface area contributed by atoms with Gasteiger partial charge in [-0.1, -0.05) is 49.7 Å². The fourth-order valence-corrected chi connectivity index (χ4v) is 3.28. The first-order valence-corrected chi connectivity index (χ1v) is 10.7. The Morgan fingerprint density at radius 3 is 2.71 bits per heavy atom. The van der Waals surface area contributed by atoms with Crippen LogP contribution in [0, 0.1) is 17.6 Å². The number of H-pyrrole nitrogens is 1. The quantitative estimate of drug-likeness (QED) is 0.460.